The minimum absolute atomic E-state index is 0.0560. The molecule has 0 amide bonds. The Bertz CT molecular complexity index is 2010. The van der Waals surface area contributed by atoms with Gasteiger partial charge in [0.05, 0.1) is 52.8 Å². The van der Waals surface area contributed by atoms with Gasteiger partial charge in [-0.3, -0.25) is 9.36 Å². The van der Waals surface area contributed by atoms with Crippen LogP contribution in [-0.4, -0.2) is 41.9 Å². The number of esters is 1. The van der Waals surface area contributed by atoms with Gasteiger partial charge in [-0.25, -0.2) is 14.6 Å². The van der Waals surface area contributed by atoms with Gasteiger partial charge >= 0.3 is 11.9 Å². The van der Waals surface area contributed by atoms with Crippen molar-refractivity contribution in [2.24, 2.45) is 4.99 Å². The summed E-state index contributed by atoms with van der Waals surface area (Å²) in [6.07, 6.45) is 1.57. The highest BCUT2D eigenvalue weighted by Gasteiger charge is 2.35. The number of aromatic carboxylic acids is 1. The number of halogens is 2. The number of carboxylic acid groups (broad SMARTS) is 1. The molecular formula is C31H26BrClN2O8S. The predicted molar refractivity (Wildman–Crippen MR) is 168 cm³/mol. The van der Waals surface area contributed by atoms with E-state index >= 15 is 0 Å². The summed E-state index contributed by atoms with van der Waals surface area (Å²) >= 11 is 11.1. The second-order valence-electron chi connectivity index (χ2n) is 9.46. The molecule has 1 N–H and O–H groups in total. The predicted octanol–water partition coefficient (Wildman–Crippen LogP) is 5.58. The number of carbonyl (C=O) groups excluding carboxylic acids is 1. The average Bonchev–Trinajstić information content (AvgIpc) is 3.57. The number of benzene rings is 2. The van der Waals surface area contributed by atoms with Crippen LogP contribution in [-0.2, 0) is 9.53 Å². The number of hydrogen-bond donors (Lipinski definition) is 1. The Morgan fingerprint density at radius 2 is 1.93 bits per heavy atom. The molecule has 0 bridgehead atoms. The van der Waals surface area contributed by atoms with Crippen LogP contribution in [0.4, 0.5) is 0 Å². The van der Waals surface area contributed by atoms with Gasteiger partial charge in [-0.15, -0.1) is 0 Å². The lowest BCUT2D eigenvalue weighted by Crippen LogP contribution is -2.40. The Morgan fingerprint density at radius 3 is 2.61 bits per heavy atom. The van der Waals surface area contributed by atoms with Crippen LogP contribution in [0.3, 0.4) is 0 Å². The molecule has 2 aromatic heterocycles. The zero-order valence-electron chi connectivity index (χ0n) is 24.0. The molecule has 1 aliphatic heterocycles. The summed E-state index contributed by atoms with van der Waals surface area (Å²) < 4.78 is 25.0. The molecule has 13 heteroatoms. The number of thiazole rings is 1. The van der Waals surface area contributed by atoms with Crippen molar-refractivity contribution in [2.45, 2.75) is 26.8 Å². The van der Waals surface area contributed by atoms with E-state index in [4.69, 9.17) is 30.2 Å². The summed E-state index contributed by atoms with van der Waals surface area (Å²) in [7, 11) is 1.51. The first-order valence-electron chi connectivity index (χ1n) is 13.4. The second kappa shape index (κ2) is 12.8. The number of methoxy groups -OCH3 is 1. The average molecular weight is 702 g/mol. The van der Waals surface area contributed by atoms with Gasteiger partial charge in [0.15, 0.2) is 16.3 Å². The van der Waals surface area contributed by atoms with E-state index in [-0.39, 0.29) is 17.7 Å². The largest absolute Gasteiger partial charge is 0.493 e. The molecule has 3 heterocycles. The Balaban J connectivity index is 1.67. The van der Waals surface area contributed by atoms with Crippen LogP contribution in [0, 0.1) is 0 Å². The lowest BCUT2D eigenvalue weighted by molar-refractivity contribution is -0.139. The molecule has 1 aliphatic rings. The maximum atomic E-state index is 14.0. The Kier molecular flexibility index (Phi) is 9.14. The number of carboxylic acids is 1. The Labute approximate surface area is 268 Å². The van der Waals surface area contributed by atoms with Crippen LogP contribution in [0.15, 0.2) is 72.4 Å². The van der Waals surface area contributed by atoms with Gasteiger partial charge in [-0.1, -0.05) is 38.9 Å². The molecule has 2 aromatic carbocycles. The van der Waals surface area contributed by atoms with Crippen molar-refractivity contribution in [3.63, 3.8) is 0 Å². The van der Waals surface area contributed by atoms with Crippen molar-refractivity contribution in [2.75, 3.05) is 20.3 Å². The molecule has 0 aliphatic carbocycles. The van der Waals surface area contributed by atoms with Crippen LogP contribution in [0.2, 0.25) is 5.02 Å². The first-order chi connectivity index (χ1) is 21.1. The molecule has 44 heavy (non-hydrogen) atoms. The molecule has 0 spiro atoms. The van der Waals surface area contributed by atoms with Gasteiger partial charge in [0.25, 0.3) is 5.56 Å². The molecule has 0 saturated heterocycles. The number of aromatic nitrogens is 1. The minimum Gasteiger partial charge on any atom is -0.493 e. The second-order valence-corrected chi connectivity index (χ2v) is 11.7. The maximum absolute atomic E-state index is 14.0. The smallest absolute Gasteiger partial charge is 0.338 e. The van der Waals surface area contributed by atoms with E-state index in [1.165, 1.54) is 29.9 Å². The number of fused-ring (bicyclic) bond motifs is 1. The van der Waals surface area contributed by atoms with Crippen molar-refractivity contribution in [3.8, 4) is 22.8 Å². The highest BCUT2D eigenvalue weighted by atomic mass is 79.9. The zero-order chi connectivity index (χ0) is 31.7. The lowest BCUT2D eigenvalue weighted by atomic mass is 9.95. The number of ether oxygens (including phenoxy) is 3. The minimum atomic E-state index is -1.10. The van der Waals surface area contributed by atoms with E-state index in [1.54, 1.807) is 44.2 Å². The zero-order valence-corrected chi connectivity index (χ0v) is 27.1. The monoisotopic (exact) mass is 700 g/mol. The lowest BCUT2D eigenvalue weighted by Gasteiger charge is -2.26. The molecule has 0 saturated carbocycles. The fourth-order valence-electron chi connectivity index (χ4n) is 4.83. The number of rotatable bonds is 9. The molecule has 0 unspecified atom stereocenters. The van der Waals surface area contributed by atoms with E-state index in [0.29, 0.717) is 65.3 Å². The normalized spacial score (nSPS) is 14.7. The third-order valence-corrected chi connectivity index (χ3v) is 8.77. The van der Waals surface area contributed by atoms with E-state index in [1.807, 2.05) is 6.92 Å². The third kappa shape index (κ3) is 5.84. The van der Waals surface area contributed by atoms with Crippen molar-refractivity contribution in [1.29, 1.82) is 0 Å². The molecule has 5 rings (SSSR count). The third-order valence-electron chi connectivity index (χ3n) is 6.77. The first-order valence-corrected chi connectivity index (χ1v) is 15.4. The summed E-state index contributed by atoms with van der Waals surface area (Å²) in [5.74, 6) is -0.0916. The summed E-state index contributed by atoms with van der Waals surface area (Å²) in [5, 5.41) is 9.69. The van der Waals surface area contributed by atoms with E-state index in [0.717, 1.165) is 11.3 Å². The molecule has 10 nitrogen and oxygen atoms in total. The van der Waals surface area contributed by atoms with Crippen molar-refractivity contribution >= 4 is 56.9 Å². The molecule has 0 radical (unpaired) electrons. The van der Waals surface area contributed by atoms with Crippen LogP contribution < -0.4 is 24.4 Å². The molecule has 228 valence electrons. The number of carbonyl (C=O) groups is 2. The van der Waals surface area contributed by atoms with E-state index in [2.05, 4.69) is 20.9 Å². The molecule has 0 fully saturated rings. The van der Waals surface area contributed by atoms with Crippen LogP contribution in [0.25, 0.3) is 17.4 Å². The topological polar surface area (TPSA) is 130 Å². The standard InChI is InChI=1S/C31H26BrClN2O8S/c1-5-41-24-14-20(32)18(13-23(24)40-4)27-26(30(39)42-6-2)15(3)34-31-35(27)28(36)25(44-31)12-17-8-10-22(43-17)19-11-16(29(37)38)7-9-21(19)33/h7-14,27H,5-6H2,1-4H3,(H,37,38)/b25-12+/t27-/m1/s1. The van der Waals surface area contributed by atoms with Crippen molar-refractivity contribution < 1.29 is 33.3 Å². The summed E-state index contributed by atoms with van der Waals surface area (Å²) in [6.45, 7) is 5.81. The maximum Gasteiger partial charge on any atom is 0.338 e. The van der Waals surface area contributed by atoms with E-state index in [9.17, 15) is 19.5 Å². The van der Waals surface area contributed by atoms with Gasteiger partial charge in [-0.2, -0.15) is 0 Å². The van der Waals surface area contributed by atoms with Crippen molar-refractivity contribution in [3.05, 3.63) is 99.8 Å². The van der Waals surface area contributed by atoms with Gasteiger partial charge < -0.3 is 23.7 Å². The van der Waals surface area contributed by atoms with Crippen molar-refractivity contribution in [1.82, 2.24) is 4.57 Å². The molecule has 4 aromatic rings. The number of allylic oxidation sites excluding steroid dienone is 1. The van der Waals surface area contributed by atoms with Crippen LogP contribution in [0.5, 0.6) is 11.5 Å². The van der Waals surface area contributed by atoms with Gasteiger partial charge in [0.2, 0.25) is 0 Å². The number of nitrogens with zero attached hydrogens (tertiary/aromatic N) is 2. The molecular weight excluding hydrogens is 676 g/mol. The Hall–Kier alpha value is -4.13. The SMILES string of the molecule is CCOC(=O)C1=C(C)N=c2s/c(=C/c3ccc(-c4cc(C(=O)O)ccc4Cl)o3)c(=O)n2[C@@H]1c1cc(OC)c(OCC)cc1Br. The fourth-order valence-corrected chi connectivity index (χ4v) is 6.60. The number of hydrogen-bond acceptors (Lipinski definition) is 9. The quantitative estimate of drug-likeness (QED) is 0.224. The molecule has 1 atom stereocenters. The van der Waals surface area contributed by atoms with Gasteiger partial charge in [-0.05, 0) is 68.8 Å². The number of furan rings is 1. The fraction of sp³-hybridized carbons (Fsp3) is 0.226. The summed E-state index contributed by atoms with van der Waals surface area (Å²) in [5.41, 5.74) is 1.25. The van der Waals surface area contributed by atoms with Gasteiger partial charge in [0, 0.05) is 16.1 Å². The first kappa shape index (κ1) is 31.3. The highest BCUT2D eigenvalue weighted by Crippen LogP contribution is 2.41. The van der Waals surface area contributed by atoms with E-state index < -0.39 is 23.5 Å². The Morgan fingerprint density at radius 1 is 1.16 bits per heavy atom. The van der Waals surface area contributed by atoms with Gasteiger partial charge in [0.1, 0.15) is 11.5 Å². The highest BCUT2D eigenvalue weighted by molar-refractivity contribution is 9.10. The summed E-state index contributed by atoms with van der Waals surface area (Å²) in [4.78, 5) is 43.8. The van der Waals surface area contributed by atoms with Crippen LogP contribution >= 0.6 is 38.9 Å². The van der Waals surface area contributed by atoms with Crippen LogP contribution in [0.1, 0.15) is 48.5 Å². The summed E-state index contributed by atoms with van der Waals surface area (Å²) in [6, 6.07) is 10.2.